The Morgan fingerprint density at radius 3 is 2.76 bits per heavy atom. The summed E-state index contributed by atoms with van der Waals surface area (Å²) in [4.78, 5) is 11.6. The summed E-state index contributed by atoms with van der Waals surface area (Å²) in [6.07, 6.45) is 4.14. The predicted molar refractivity (Wildman–Crippen MR) is 132 cm³/mol. The normalized spacial score (nSPS) is 24.9. The van der Waals surface area contributed by atoms with Crippen molar-refractivity contribution in [3.63, 3.8) is 0 Å². The van der Waals surface area contributed by atoms with Gasteiger partial charge >= 0.3 is 0 Å². The van der Waals surface area contributed by atoms with Crippen molar-refractivity contribution in [1.29, 1.82) is 0 Å². The van der Waals surface area contributed by atoms with E-state index in [1.807, 2.05) is 11.3 Å². The van der Waals surface area contributed by atoms with Gasteiger partial charge in [-0.3, -0.25) is 9.89 Å². The number of ether oxygens (including phenoxy) is 1. The molecular weight excluding hydrogens is 497 g/mol. The maximum Gasteiger partial charge on any atom is 0.191 e. The zero-order valence-electron chi connectivity index (χ0n) is 17.5. The minimum atomic E-state index is 0. The minimum absolute atomic E-state index is 0. The van der Waals surface area contributed by atoms with E-state index >= 15 is 0 Å². The zero-order valence-corrected chi connectivity index (χ0v) is 20.7. The van der Waals surface area contributed by atoms with Crippen molar-refractivity contribution in [3.8, 4) is 0 Å². The Labute approximate surface area is 196 Å². The first-order valence-electron chi connectivity index (χ1n) is 10.9. The number of likely N-dealkylation sites (tertiary alicyclic amines) is 1. The molecule has 164 valence electrons. The molecule has 29 heavy (non-hydrogen) atoms. The lowest BCUT2D eigenvalue weighted by Gasteiger charge is -2.33. The highest BCUT2D eigenvalue weighted by molar-refractivity contribution is 14.0. The molecule has 1 aliphatic carbocycles. The van der Waals surface area contributed by atoms with Crippen LogP contribution in [0.4, 0.5) is 0 Å². The van der Waals surface area contributed by atoms with Gasteiger partial charge in [0.1, 0.15) is 0 Å². The zero-order chi connectivity index (χ0) is 19.2. The van der Waals surface area contributed by atoms with Crippen LogP contribution in [0.3, 0.4) is 0 Å². The van der Waals surface area contributed by atoms with E-state index in [1.54, 1.807) is 0 Å². The Morgan fingerprint density at radius 1 is 1.24 bits per heavy atom. The largest absolute Gasteiger partial charge is 0.379 e. The van der Waals surface area contributed by atoms with Gasteiger partial charge in [0.05, 0.1) is 25.8 Å². The third kappa shape index (κ3) is 6.78. The first-order chi connectivity index (χ1) is 13.8. The van der Waals surface area contributed by atoms with Gasteiger partial charge in [-0.05, 0) is 50.1 Å². The fraction of sp³-hybridized carbons (Fsp3) is 0.762. The number of nitrogens with one attached hydrogen (secondary N) is 2. The van der Waals surface area contributed by atoms with E-state index in [0.717, 1.165) is 63.9 Å². The van der Waals surface area contributed by atoms with Gasteiger partial charge in [-0.2, -0.15) is 0 Å². The second kappa shape index (κ2) is 11.8. The standard InChI is InChI=1S/C21H35N5OS.HI/c1-2-22-21(23-14-17-7-8-26(16-17)18-5-6-18)24-15-19(20-4-3-13-28-20)25-9-11-27-12-10-25;/h3-4,13,17-19H,2,5-12,14-16H2,1H3,(H2,22,23,24);1H. The van der Waals surface area contributed by atoms with Crippen LogP contribution in [0.15, 0.2) is 22.5 Å². The highest BCUT2D eigenvalue weighted by Crippen LogP contribution is 2.31. The van der Waals surface area contributed by atoms with Gasteiger partial charge in [0.25, 0.3) is 0 Å². The molecule has 3 aliphatic rings. The Morgan fingerprint density at radius 2 is 2.07 bits per heavy atom. The van der Waals surface area contributed by atoms with Gasteiger partial charge < -0.3 is 20.3 Å². The molecule has 2 aliphatic heterocycles. The predicted octanol–water partition coefficient (Wildman–Crippen LogP) is 2.78. The minimum Gasteiger partial charge on any atom is -0.379 e. The summed E-state index contributed by atoms with van der Waals surface area (Å²) in [5, 5.41) is 9.23. The number of guanidine groups is 1. The highest BCUT2D eigenvalue weighted by Gasteiger charge is 2.34. The van der Waals surface area contributed by atoms with Crippen molar-refractivity contribution in [3.05, 3.63) is 22.4 Å². The lowest BCUT2D eigenvalue weighted by molar-refractivity contribution is 0.0186. The second-order valence-corrected chi connectivity index (χ2v) is 9.14. The molecule has 2 saturated heterocycles. The molecule has 3 fully saturated rings. The SMILES string of the molecule is CCNC(=NCC(c1cccs1)N1CCOCC1)NCC1CCN(C2CC2)C1.I. The molecule has 6 nitrogen and oxygen atoms in total. The van der Waals surface area contributed by atoms with Gasteiger partial charge in [0.15, 0.2) is 5.96 Å². The van der Waals surface area contributed by atoms with Crippen molar-refractivity contribution < 1.29 is 4.74 Å². The molecule has 2 atom stereocenters. The first kappa shape index (κ1) is 23.2. The number of hydrogen-bond donors (Lipinski definition) is 2. The molecule has 0 amide bonds. The summed E-state index contributed by atoms with van der Waals surface area (Å²) >= 11 is 1.83. The molecule has 4 rings (SSSR count). The lowest BCUT2D eigenvalue weighted by Crippen LogP contribution is -2.42. The van der Waals surface area contributed by atoms with E-state index in [2.05, 4.69) is 44.9 Å². The smallest absolute Gasteiger partial charge is 0.191 e. The van der Waals surface area contributed by atoms with Crippen LogP contribution in [-0.2, 0) is 4.74 Å². The van der Waals surface area contributed by atoms with Gasteiger partial charge in [-0.25, -0.2) is 0 Å². The molecule has 0 aromatic carbocycles. The maximum atomic E-state index is 5.55. The van der Waals surface area contributed by atoms with Crippen molar-refractivity contribution in [2.75, 3.05) is 59.0 Å². The van der Waals surface area contributed by atoms with E-state index in [1.165, 1.54) is 37.2 Å². The third-order valence-corrected chi connectivity index (χ3v) is 7.04. The van der Waals surface area contributed by atoms with Crippen LogP contribution in [0.1, 0.15) is 37.1 Å². The summed E-state index contributed by atoms with van der Waals surface area (Å²) in [6, 6.07) is 5.63. The number of morpholine rings is 1. The van der Waals surface area contributed by atoms with Gasteiger partial charge in [-0.1, -0.05) is 6.07 Å². The molecule has 2 unspecified atom stereocenters. The van der Waals surface area contributed by atoms with Crippen molar-refractivity contribution in [1.82, 2.24) is 20.4 Å². The average Bonchev–Trinajstić information content (AvgIpc) is 3.23. The Bertz CT molecular complexity index is 619. The van der Waals surface area contributed by atoms with Crippen LogP contribution in [-0.4, -0.2) is 80.8 Å². The number of nitrogens with zero attached hydrogens (tertiary/aromatic N) is 3. The number of hydrogen-bond acceptors (Lipinski definition) is 5. The van der Waals surface area contributed by atoms with Gasteiger partial charge in [-0.15, -0.1) is 35.3 Å². The van der Waals surface area contributed by atoms with Crippen LogP contribution >= 0.6 is 35.3 Å². The van der Waals surface area contributed by atoms with Crippen LogP contribution in [0.5, 0.6) is 0 Å². The van der Waals surface area contributed by atoms with E-state index < -0.39 is 0 Å². The monoisotopic (exact) mass is 533 g/mol. The van der Waals surface area contributed by atoms with Crippen molar-refractivity contribution in [2.24, 2.45) is 10.9 Å². The molecule has 3 heterocycles. The Hall–Kier alpha value is -0.420. The number of thiophene rings is 1. The number of halogens is 1. The Balaban J connectivity index is 0.00000240. The van der Waals surface area contributed by atoms with E-state index in [4.69, 9.17) is 9.73 Å². The number of rotatable bonds is 8. The molecule has 1 aromatic heterocycles. The Kier molecular flexibility index (Phi) is 9.49. The van der Waals surface area contributed by atoms with Crippen LogP contribution in [0.2, 0.25) is 0 Å². The molecule has 0 spiro atoms. The fourth-order valence-corrected chi connectivity index (χ4v) is 5.17. The summed E-state index contributed by atoms with van der Waals surface area (Å²) in [7, 11) is 0. The first-order valence-corrected chi connectivity index (χ1v) is 11.8. The lowest BCUT2D eigenvalue weighted by atomic mass is 10.1. The average molecular weight is 534 g/mol. The van der Waals surface area contributed by atoms with E-state index in [0.29, 0.717) is 6.04 Å². The molecular formula is C21H36IN5OS. The van der Waals surface area contributed by atoms with Gasteiger partial charge in [0, 0.05) is 43.6 Å². The van der Waals surface area contributed by atoms with Crippen LogP contribution < -0.4 is 10.6 Å². The summed E-state index contributed by atoms with van der Waals surface area (Å²) < 4.78 is 5.55. The topological polar surface area (TPSA) is 52.1 Å². The van der Waals surface area contributed by atoms with Crippen molar-refractivity contribution >= 4 is 41.3 Å². The quantitative estimate of drug-likeness (QED) is 0.306. The molecule has 0 radical (unpaired) electrons. The summed E-state index contributed by atoms with van der Waals surface area (Å²) in [6.45, 7) is 11.0. The molecule has 1 aromatic rings. The van der Waals surface area contributed by atoms with Gasteiger partial charge in [0.2, 0.25) is 0 Å². The second-order valence-electron chi connectivity index (χ2n) is 8.16. The molecule has 8 heteroatoms. The van der Waals surface area contributed by atoms with Crippen molar-refractivity contribution in [2.45, 2.75) is 38.3 Å². The summed E-state index contributed by atoms with van der Waals surface area (Å²) in [5.41, 5.74) is 0. The maximum absolute atomic E-state index is 5.55. The van der Waals surface area contributed by atoms with Crippen LogP contribution in [0, 0.1) is 5.92 Å². The van der Waals surface area contributed by atoms with Crippen LogP contribution in [0.25, 0.3) is 0 Å². The molecule has 1 saturated carbocycles. The third-order valence-electron chi connectivity index (χ3n) is 6.06. The summed E-state index contributed by atoms with van der Waals surface area (Å²) in [5.74, 6) is 1.71. The highest BCUT2D eigenvalue weighted by atomic mass is 127. The van der Waals surface area contributed by atoms with E-state index in [-0.39, 0.29) is 24.0 Å². The van der Waals surface area contributed by atoms with E-state index in [9.17, 15) is 0 Å². The molecule has 0 bridgehead atoms. The number of aliphatic imine (C=N–C) groups is 1. The molecule has 2 N–H and O–H groups in total. The fourth-order valence-electron chi connectivity index (χ4n) is 4.32.